The van der Waals surface area contributed by atoms with Crippen molar-refractivity contribution in [2.24, 2.45) is 0 Å². The van der Waals surface area contributed by atoms with Crippen LogP contribution in [0.4, 0.5) is 10.1 Å². The van der Waals surface area contributed by atoms with E-state index in [0.717, 1.165) is 13.6 Å². The molecule has 1 N–H and O–H groups in total. The first-order valence-electron chi connectivity index (χ1n) is 6.27. The lowest BCUT2D eigenvalue weighted by Crippen LogP contribution is -2.09. The van der Waals surface area contributed by atoms with Gasteiger partial charge in [-0.15, -0.1) is 0 Å². The molecule has 114 valence electrons. The summed E-state index contributed by atoms with van der Waals surface area (Å²) >= 11 is 5.37. The van der Waals surface area contributed by atoms with Gasteiger partial charge in [-0.05, 0) is 65.1 Å². The highest BCUT2D eigenvalue weighted by atomic mass is 127. The third-order valence-electron chi connectivity index (χ3n) is 2.80. The van der Waals surface area contributed by atoms with Crippen LogP contribution in [0.3, 0.4) is 0 Å². The molecule has 0 radical (unpaired) electrons. The molecule has 0 bridgehead atoms. The molecule has 0 unspecified atom stereocenters. The highest BCUT2D eigenvalue weighted by molar-refractivity contribution is 14.1. The van der Waals surface area contributed by atoms with E-state index < -0.39 is 11.7 Å². The van der Waals surface area contributed by atoms with Gasteiger partial charge in [0, 0.05) is 19.7 Å². The minimum atomic E-state index is -0.464. The van der Waals surface area contributed by atoms with Gasteiger partial charge in [-0.2, -0.15) is 0 Å². The van der Waals surface area contributed by atoms with Gasteiger partial charge in [0.25, 0.3) is 0 Å². The molecular weight excluding hydrogens is 464 g/mol. The second-order valence-corrected chi connectivity index (χ2v) is 6.49. The van der Waals surface area contributed by atoms with Crippen LogP contribution in [0, 0.1) is 9.39 Å². The standard InChI is InChI=1S/C16H12BrFINO2/c1-22-15-6-3-11(17)8-10(15)2-7-16(21)20-14-5-4-12(19)9-13(14)18/h2-9H,1H3,(H,20,21)/b7-2+. The molecule has 2 aromatic rings. The van der Waals surface area contributed by atoms with Crippen molar-refractivity contribution in [2.75, 3.05) is 12.4 Å². The van der Waals surface area contributed by atoms with Gasteiger partial charge in [-0.25, -0.2) is 4.39 Å². The van der Waals surface area contributed by atoms with Crippen molar-refractivity contribution in [3.8, 4) is 5.75 Å². The van der Waals surface area contributed by atoms with Crippen molar-refractivity contribution in [1.29, 1.82) is 0 Å². The predicted molar refractivity (Wildman–Crippen MR) is 97.5 cm³/mol. The Hall–Kier alpha value is -1.41. The van der Waals surface area contributed by atoms with Gasteiger partial charge in [-0.1, -0.05) is 15.9 Å². The molecule has 0 spiro atoms. The molecule has 6 heteroatoms. The van der Waals surface area contributed by atoms with E-state index in [0.29, 0.717) is 5.75 Å². The lowest BCUT2D eigenvalue weighted by molar-refractivity contribution is -0.111. The van der Waals surface area contributed by atoms with Gasteiger partial charge in [0.2, 0.25) is 5.91 Å². The summed E-state index contributed by atoms with van der Waals surface area (Å²) in [5, 5.41) is 2.50. The number of methoxy groups -OCH3 is 1. The number of carbonyl (C=O) groups excluding carboxylic acids is 1. The van der Waals surface area contributed by atoms with E-state index in [1.165, 1.54) is 18.2 Å². The number of ether oxygens (including phenoxy) is 1. The zero-order valence-corrected chi connectivity index (χ0v) is 15.3. The molecule has 0 heterocycles. The van der Waals surface area contributed by atoms with Gasteiger partial charge in [0.1, 0.15) is 11.6 Å². The Morgan fingerprint density at radius 3 is 2.77 bits per heavy atom. The minimum absolute atomic E-state index is 0.149. The van der Waals surface area contributed by atoms with Crippen LogP contribution in [0.15, 0.2) is 46.9 Å². The van der Waals surface area contributed by atoms with E-state index in [1.54, 1.807) is 25.3 Å². The number of amides is 1. The first-order chi connectivity index (χ1) is 10.5. The molecule has 2 aromatic carbocycles. The number of halogens is 3. The third kappa shape index (κ3) is 4.54. The molecule has 0 aliphatic heterocycles. The Balaban J connectivity index is 2.13. The van der Waals surface area contributed by atoms with Crippen molar-refractivity contribution in [3.05, 3.63) is 61.9 Å². The molecule has 3 nitrogen and oxygen atoms in total. The molecule has 1 amide bonds. The van der Waals surface area contributed by atoms with Crippen molar-refractivity contribution < 1.29 is 13.9 Å². The van der Waals surface area contributed by atoms with E-state index in [4.69, 9.17) is 4.74 Å². The smallest absolute Gasteiger partial charge is 0.248 e. The number of anilines is 1. The van der Waals surface area contributed by atoms with Crippen molar-refractivity contribution >= 4 is 56.2 Å². The highest BCUT2D eigenvalue weighted by Crippen LogP contribution is 2.24. The Kier molecular flexibility index (Phi) is 5.96. The van der Waals surface area contributed by atoms with Crippen LogP contribution < -0.4 is 10.1 Å². The summed E-state index contributed by atoms with van der Waals surface area (Å²) in [5.74, 6) is -0.233. The van der Waals surface area contributed by atoms with Crippen LogP contribution in [0.5, 0.6) is 5.75 Å². The fraction of sp³-hybridized carbons (Fsp3) is 0.0625. The summed E-state index contributed by atoms with van der Waals surface area (Å²) in [5.41, 5.74) is 0.895. The van der Waals surface area contributed by atoms with E-state index in [-0.39, 0.29) is 5.69 Å². The van der Waals surface area contributed by atoms with Gasteiger partial charge in [0.05, 0.1) is 12.8 Å². The van der Waals surface area contributed by atoms with Crippen LogP contribution >= 0.6 is 38.5 Å². The summed E-state index contributed by atoms with van der Waals surface area (Å²) in [6, 6.07) is 10.1. The summed E-state index contributed by atoms with van der Waals surface area (Å²) in [6.07, 6.45) is 2.95. The average Bonchev–Trinajstić information content (AvgIpc) is 2.48. The number of hydrogen-bond donors (Lipinski definition) is 1. The quantitative estimate of drug-likeness (QED) is 0.507. The molecule has 0 aliphatic carbocycles. The molecule has 2 rings (SSSR count). The Morgan fingerprint density at radius 1 is 1.32 bits per heavy atom. The Bertz CT molecular complexity index is 734. The lowest BCUT2D eigenvalue weighted by atomic mass is 10.2. The molecule has 0 fully saturated rings. The molecule has 0 saturated heterocycles. The van der Waals surface area contributed by atoms with E-state index in [2.05, 4.69) is 21.2 Å². The van der Waals surface area contributed by atoms with Gasteiger partial charge in [-0.3, -0.25) is 4.79 Å². The number of hydrogen-bond acceptors (Lipinski definition) is 2. The largest absolute Gasteiger partial charge is 0.496 e. The summed E-state index contributed by atoms with van der Waals surface area (Å²) in [7, 11) is 1.56. The second-order valence-electron chi connectivity index (χ2n) is 4.33. The summed E-state index contributed by atoms with van der Waals surface area (Å²) in [4.78, 5) is 11.9. The third-order valence-corrected chi connectivity index (χ3v) is 3.96. The van der Waals surface area contributed by atoms with E-state index in [9.17, 15) is 9.18 Å². The van der Waals surface area contributed by atoms with Crippen LogP contribution in [-0.4, -0.2) is 13.0 Å². The van der Waals surface area contributed by atoms with Crippen molar-refractivity contribution in [2.45, 2.75) is 0 Å². The highest BCUT2D eigenvalue weighted by Gasteiger charge is 2.06. The SMILES string of the molecule is COc1ccc(Br)cc1/C=C/C(=O)Nc1ccc(I)cc1F. The molecule has 0 saturated carbocycles. The van der Waals surface area contributed by atoms with Crippen LogP contribution in [0.25, 0.3) is 6.08 Å². The zero-order chi connectivity index (χ0) is 16.1. The monoisotopic (exact) mass is 475 g/mol. The number of carbonyl (C=O) groups is 1. The fourth-order valence-electron chi connectivity index (χ4n) is 1.77. The number of benzene rings is 2. The minimum Gasteiger partial charge on any atom is -0.496 e. The Morgan fingerprint density at radius 2 is 2.09 bits per heavy atom. The summed E-state index contributed by atoms with van der Waals surface area (Å²) < 4.78 is 20.5. The van der Waals surface area contributed by atoms with Crippen molar-refractivity contribution in [3.63, 3.8) is 0 Å². The first-order valence-corrected chi connectivity index (χ1v) is 8.14. The van der Waals surface area contributed by atoms with Gasteiger partial charge < -0.3 is 10.1 Å². The maximum Gasteiger partial charge on any atom is 0.248 e. The van der Waals surface area contributed by atoms with Gasteiger partial charge >= 0.3 is 0 Å². The van der Waals surface area contributed by atoms with E-state index >= 15 is 0 Å². The number of nitrogens with one attached hydrogen (secondary N) is 1. The molecule has 22 heavy (non-hydrogen) atoms. The molecule has 0 atom stereocenters. The maximum atomic E-state index is 13.7. The van der Waals surface area contributed by atoms with Crippen LogP contribution in [0.2, 0.25) is 0 Å². The van der Waals surface area contributed by atoms with Gasteiger partial charge in [0.15, 0.2) is 0 Å². The average molecular weight is 476 g/mol. The molecular formula is C16H12BrFINO2. The molecule has 0 aromatic heterocycles. The maximum absolute atomic E-state index is 13.7. The van der Waals surface area contributed by atoms with E-state index in [1.807, 2.05) is 34.7 Å². The fourth-order valence-corrected chi connectivity index (χ4v) is 2.60. The lowest BCUT2D eigenvalue weighted by Gasteiger charge is -2.06. The zero-order valence-electron chi connectivity index (χ0n) is 11.6. The first kappa shape index (κ1) is 17.0. The summed E-state index contributed by atoms with van der Waals surface area (Å²) in [6.45, 7) is 0. The second kappa shape index (κ2) is 7.73. The van der Waals surface area contributed by atoms with Crippen LogP contribution in [0.1, 0.15) is 5.56 Å². The topological polar surface area (TPSA) is 38.3 Å². The normalized spacial score (nSPS) is 10.7. The predicted octanol–water partition coefficient (Wildman–Crippen LogP) is 4.85. The van der Waals surface area contributed by atoms with Crippen LogP contribution in [-0.2, 0) is 4.79 Å². The number of rotatable bonds is 4. The molecule has 0 aliphatic rings. The van der Waals surface area contributed by atoms with Crippen molar-refractivity contribution in [1.82, 2.24) is 0 Å². The Labute approximate surface area is 149 Å².